The summed E-state index contributed by atoms with van der Waals surface area (Å²) in [5.74, 6) is 0. The molecule has 0 aromatic carbocycles. The van der Waals surface area contributed by atoms with Crippen LogP contribution in [-0.2, 0) is 18.3 Å². The number of hydrogen-bond acceptors (Lipinski definition) is 5. The van der Waals surface area contributed by atoms with Crippen molar-refractivity contribution < 1.29 is 18.3 Å². The van der Waals surface area contributed by atoms with Gasteiger partial charge in [0, 0.05) is 35.0 Å². The van der Waals surface area contributed by atoms with Crippen LogP contribution in [0.25, 0.3) is 0 Å². The van der Waals surface area contributed by atoms with Gasteiger partial charge in [-0.2, -0.15) is 0 Å². The first-order chi connectivity index (χ1) is 8.60. The van der Waals surface area contributed by atoms with Crippen molar-refractivity contribution >= 4 is 9.28 Å². The highest BCUT2D eigenvalue weighted by Gasteiger charge is 2.19. The highest BCUT2D eigenvalue weighted by Crippen LogP contribution is 2.11. The maximum atomic E-state index is 5.36. The molecule has 0 spiro atoms. The third kappa shape index (κ3) is 6.82. The third-order valence-corrected chi connectivity index (χ3v) is 5.18. The second-order valence-corrected chi connectivity index (χ2v) is 6.68. The normalized spacial score (nSPS) is 15.3. The van der Waals surface area contributed by atoms with E-state index in [1.165, 1.54) is 0 Å². The molecule has 18 heavy (non-hydrogen) atoms. The highest BCUT2D eigenvalue weighted by atomic mass is 28.3. The van der Waals surface area contributed by atoms with Gasteiger partial charge in [-0.15, -0.1) is 0 Å². The molecule has 0 saturated heterocycles. The van der Waals surface area contributed by atoms with Crippen LogP contribution in [0.1, 0.15) is 26.7 Å². The maximum Gasteiger partial charge on any atom is 0.320 e. The predicted octanol–water partition coefficient (Wildman–Crippen LogP) is 1.57. The van der Waals surface area contributed by atoms with Crippen LogP contribution < -0.4 is 0 Å². The van der Waals surface area contributed by atoms with Crippen LogP contribution >= 0.6 is 0 Å². The Morgan fingerprint density at radius 3 is 1.78 bits per heavy atom. The lowest BCUT2D eigenvalue weighted by Crippen LogP contribution is -2.42. The van der Waals surface area contributed by atoms with Crippen molar-refractivity contribution in [1.82, 2.24) is 4.90 Å². The molecule has 0 bridgehead atoms. The molecule has 0 heterocycles. The lowest BCUT2D eigenvalue weighted by atomic mass is 10.3. The summed E-state index contributed by atoms with van der Waals surface area (Å²) in [6.07, 6.45) is 2.34. The summed E-state index contributed by atoms with van der Waals surface area (Å²) in [4.78, 5) is 2.20. The van der Waals surface area contributed by atoms with Gasteiger partial charge < -0.3 is 18.3 Å². The third-order valence-electron chi connectivity index (χ3n) is 3.25. The Balaban J connectivity index is 3.96. The predicted molar refractivity (Wildman–Crippen MR) is 74.9 cm³/mol. The zero-order chi connectivity index (χ0) is 14.0. The van der Waals surface area contributed by atoms with E-state index in [-0.39, 0.29) is 12.5 Å². The Hall–Kier alpha value is 0.0169. The van der Waals surface area contributed by atoms with Crippen LogP contribution in [0.4, 0.5) is 0 Å². The maximum absolute atomic E-state index is 5.36. The topological polar surface area (TPSA) is 40.2 Å². The summed E-state index contributed by atoms with van der Waals surface area (Å²) >= 11 is 0. The van der Waals surface area contributed by atoms with Crippen LogP contribution in [0.3, 0.4) is 0 Å². The van der Waals surface area contributed by atoms with Crippen molar-refractivity contribution in [2.45, 2.75) is 45.2 Å². The lowest BCUT2D eigenvalue weighted by molar-refractivity contribution is -0.117. The van der Waals surface area contributed by atoms with Gasteiger partial charge in [0.15, 0.2) is 0 Å². The van der Waals surface area contributed by atoms with Crippen molar-refractivity contribution in [2.24, 2.45) is 0 Å². The second kappa shape index (κ2) is 10.9. The van der Waals surface area contributed by atoms with Gasteiger partial charge in [-0.3, -0.25) is 4.90 Å². The molecule has 0 aromatic rings. The molecular weight excluding hydrogens is 250 g/mol. The molecule has 2 atom stereocenters. The van der Waals surface area contributed by atoms with Crippen molar-refractivity contribution in [3.63, 3.8) is 0 Å². The van der Waals surface area contributed by atoms with Gasteiger partial charge in [0.1, 0.15) is 12.5 Å². The van der Waals surface area contributed by atoms with E-state index in [1.807, 2.05) is 13.8 Å². The van der Waals surface area contributed by atoms with Gasteiger partial charge in [0.05, 0.1) is 0 Å². The minimum Gasteiger partial charge on any atom is -0.400 e. The zero-order valence-corrected chi connectivity index (χ0v) is 13.8. The van der Waals surface area contributed by atoms with Crippen molar-refractivity contribution in [3.8, 4) is 0 Å². The molecule has 0 rings (SSSR count). The molecule has 0 aliphatic heterocycles. The fourth-order valence-corrected chi connectivity index (χ4v) is 3.15. The standard InChI is InChI=1S/C12H29NO4Si/c1-11(14-3)13(12(2)15-4)9-7-8-10-18(16-5)17-6/h11-12,18H,7-10H2,1-6H3. The summed E-state index contributed by atoms with van der Waals surface area (Å²) in [6, 6.07) is 1.05. The molecule has 0 amide bonds. The SMILES string of the molecule is COC(C)N(CCCC[SiH](OC)OC)C(C)OC. The number of methoxy groups -OCH3 is 2. The Kier molecular flexibility index (Phi) is 10.9. The van der Waals surface area contributed by atoms with Gasteiger partial charge in [-0.25, -0.2) is 0 Å². The minimum absolute atomic E-state index is 0.0674. The monoisotopic (exact) mass is 279 g/mol. The number of ether oxygens (including phenoxy) is 2. The molecule has 0 aliphatic rings. The highest BCUT2D eigenvalue weighted by molar-refractivity contribution is 6.44. The summed E-state index contributed by atoms with van der Waals surface area (Å²) in [5.41, 5.74) is 0. The fourth-order valence-electron chi connectivity index (χ4n) is 1.87. The van der Waals surface area contributed by atoms with E-state index in [0.29, 0.717) is 0 Å². The molecule has 2 unspecified atom stereocenters. The van der Waals surface area contributed by atoms with Gasteiger partial charge >= 0.3 is 9.28 Å². The van der Waals surface area contributed by atoms with Crippen LogP contribution in [0.15, 0.2) is 0 Å². The molecule has 0 saturated carbocycles. The number of nitrogens with zero attached hydrogens (tertiary/aromatic N) is 1. The summed E-state index contributed by atoms with van der Waals surface area (Å²) < 4.78 is 21.3. The van der Waals surface area contributed by atoms with E-state index in [9.17, 15) is 0 Å². The van der Waals surface area contributed by atoms with Gasteiger partial charge in [-0.1, -0.05) is 6.42 Å². The average molecular weight is 279 g/mol. The molecule has 0 radical (unpaired) electrons. The van der Waals surface area contributed by atoms with Crippen LogP contribution in [0, 0.1) is 0 Å². The van der Waals surface area contributed by atoms with Crippen molar-refractivity contribution in [2.75, 3.05) is 35.0 Å². The summed E-state index contributed by atoms with van der Waals surface area (Å²) in [7, 11) is 5.50. The quantitative estimate of drug-likeness (QED) is 0.326. The van der Waals surface area contributed by atoms with E-state index >= 15 is 0 Å². The van der Waals surface area contributed by atoms with Crippen molar-refractivity contribution in [3.05, 3.63) is 0 Å². The molecule has 0 aliphatic carbocycles. The van der Waals surface area contributed by atoms with Gasteiger partial charge in [0.2, 0.25) is 0 Å². The Bertz CT molecular complexity index is 183. The number of unbranched alkanes of at least 4 members (excludes halogenated alkanes) is 1. The van der Waals surface area contributed by atoms with E-state index in [1.54, 1.807) is 28.4 Å². The first kappa shape index (κ1) is 18.0. The molecule has 0 N–H and O–H groups in total. The molecule has 0 aromatic heterocycles. The molecular formula is C12H29NO4Si. The first-order valence-corrected chi connectivity index (χ1v) is 8.23. The Morgan fingerprint density at radius 1 is 0.889 bits per heavy atom. The molecule has 6 heteroatoms. The lowest BCUT2D eigenvalue weighted by Gasteiger charge is -2.32. The summed E-state index contributed by atoms with van der Waals surface area (Å²) in [6.45, 7) is 5.04. The van der Waals surface area contributed by atoms with E-state index in [4.69, 9.17) is 18.3 Å². The molecule has 5 nitrogen and oxygen atoms in total. The van der Waals surface area contributed by atoms with Gasteiger partial charge in [-0.05, 0) is 26.3 Å². The Morgan fingerprint density at radius 2 is 1.39 bits per heavy atom. The number of hydrogen-bond donors (Lipinski definition) is 0. The second-order valence-electron chi connectivity index (χ2n) is 4.30. The molecule has 110 valence electrons. The van der Waals surface area contributed by atoms with E-state index in [2.05, 4.69) is 4.90 Å². The van der Waals surface area contributed by atoms with Gasteiger partial charge in [0.25, 0.3) is 0 Å². The van der Waals surface area contributed by atoms with E-state index < -0.39 is 9.28 Å². The number of rotatable bonds is 11. The van der Waals surface area contributed by atoms with Crippen LogP contribution in [0.5, 0.6) is 0 Å². The fraction of sp³-hybridized carbons (Fsp3) is 1.00. The van der Waals surface area contributed by atoms with Crippen molar-refractivity contribution in [1.29, 1.82) is 0 Å². The zero-order valence-electron chi connectivity index (χ0n) is 12.6. The molecule has 0 fully saturated rings. The minimum atomic E-state index is -1.40. The average Bonchev–Trinajstić information content (AvgIpc) is 2.41. The summed E-state index contributed by atoms with van der Waals surface area (Å²) in [5, 5.41) is 0. The first-order valence-electron chi connectivity index (χ1n) is 6.47. The smallest absolute Gasteiger partial charge is 0.320 e. The van der Waals surface area contributed by atoms with E-state index in [0.717, 1.165) is 25.4 Å². The van der Waals surface area contributed by atoms with Crippen LogP contribution in [-0.4, -0.2) is 61.6 Å². The Labute approximate surface area is 113 Å². The van der Waals surface area contributed by atoms with Crippen LogP contribution in [0.2, 0.25) is 6.04 Å². The largest absolute Gasteiger partial charge is 0.400 e.